The van der Waals surface area contributed by atoms with Crippen LogP contribution in [0.4, 0.5) is 0 Å². The summed E-state index contributed by atoms with van der Waals surface area (Å²) in [6.45, 7) is 2.42. The topological polar surface area (TPSA) is 52.8 Å². The van der Waals surface area contributed by atoms with Crippen molar-refractivity contribution in [2.24, 2.45) is 5.92 Å². The number of ether oxygens (including phenoxy) is 1. The molecule has 1 saturated heterocycles. The minimum Gasteiger partial charge on any atom is -0.381 e. The van der Waals surface area contributed by atoms with Crippen LogP contribution in [0.15, 0.2) is 12.4 Å². The van der Waals surface area contributed by atoms with Gasteiger partial charge in [-0.2, -0.15) is 5.10 Å². The van der Waals surface area contributed by atoms with Crippen molar-refractivity contribution in [1.29, 1.82) is 0 Å². The van der Waals surface area contributed by atoms with Crippen molar-refractivity contribution in [3.8, 4) is 0 Å². The first-order valence-electron chi connectivity index (χ1n) is 4.75. The zero-order valence-corrected chi connectivity index (χ0v) is 8.68. The molecule has 6 heteroatoms. The average Bonchev–Trinajstić information content (AvgIpc) is 2.54. The Bertz CT molecular complexity index is 494. The molecule has 0 atom stereocenters. The van der Waals surface area contributed by atoms with E-state index >= 15 is 0 Å². The first kappa shape index (κ1) is 9.06. The molecule has 0 amide bonds. The quantitative estimate of drug-likeness (QED) is 0.767. The summed E-state index contributed by atoms with van der Waals surface area (Å²) < 4.78 is 6.95. The monoisotopic (exact) mass is 224 g/mol. The van der Waals surface area contributed by atoms with Gasteiger partial charge in [-0.25, -0.2) is 14.6 Å². The Labute approximate surface area is 91.0 Å². The van der Waals surface area contributed by atoms with E-state index in [1.54, 1.807) is 6.20 Å². The van der Waals surface area contributed by atoms with Gasteiger partial charge in [0, 0.05) is 5.92 Å². The van der Waals surface area contributed by atoms with Crippen LogP contribution in [0.5, 0.6) is 0 Å². The third-order valence-corrected chi connectivity index (χ3v) is 2.64. The number of rotatable bonds is 2. The SMILES string of the molecule is Clc1cnc2cnn(CC3COC3)c2n1. The molecule has 2 aromatic heterocycles. The molecule has 5 nitrogen and oxygen atoms in total. The van der Waals surface area contributed by atoms with Crippen LogP contribution in [-0.4, -0.2) is 33.0 Å². The van der Waals surface area contributed by atoms with Gasteiger partial charge in [0.15, 0.2) is 5.65 Å². The number of hydrogen-bond acceptors (Lipinski definition) is 4. The Balaban J connectivity index is 1.98. The summed E-state index contributed by atoms with van der Waals surface area (Å²) in [6.07, 6.45) is 3.24. The number of hydrogen-bond donors (Lipinski definition) is 0. The highest BCUT2D eigenvalue weighted by molar-refractivity contribution is 6.29. The van der Waals surface area contributed by atoms with Gasteiger partial charge in [0.1, 0.15) is 10.7 Å². The van der Waals surface area contributed by atoms with Crippen LogP contribution in [0.25, 0.3) is 11.2 Å². The molecule has 0 N–H and O–H groups in total. The van der Waals surface area contributed by atoms with Crippen molar-refractivity contribution in [3.63, 3.8) is 0 Å². The fourth-order valence-corrected chi connectivity index (χ4v) is 1.72. The molecule has 0 aromatic carbocycles. The van der Waals surface area contributed by atoms with Crippen LogP contribution >= 0.6 is 11.6 Å². The molecule has 15 heavy (non-hydrogen) atoms. The average molecular weight is 225 g/mol. The summed E-state index contributed by atoms with van der Waals surface area (Å²) in [6, 6.07) is 0. The zero-order valence-electron chi connectivity index (χ0n) is 7.93. The molecule has 3 heterocycles. The van der Waals surface area contributed by atoms with E-state index in [0.29, 0.717) is 11.1 Å². The zero-order chi connectivity index (χ0) is 10.3. The van der Waals surface area contributed by atoms with Crippen molar-refractivity contribution in [1.82, 2.24) is 19.7 Å². The van der Waals surface area contributed by atoms with E-state index < -0.39 is 0 Å². The molecule has 2 aromatic rings. The third kappa shape index (κ3) is 1.57. The molecule has 0 unspecified atom stereocenters. The maximum absolute atomic E-state index is 5.79. The molecule has 1 fully saturated rings. The minimum atomic E-state index is 0.397. The van der Waals surface area contributed by atoms with E-state index in [9.17, 15) is 0 Å². The van der Waals surface area contributed by atoms with Crippen LogP contribution < -0.4 is 0 Å². The van der Waals surface area contributed by atoms with Gasteiger partial charge in [-0.3, -0.25) is 0 Å². The Morgan fingerprint density at radius 2 is 2.33 bits per heavy atom. The summed E-state index contributed by atoms with van der Waals surface area (Å²) in [5.41, 5.74) is 1.52. The second-order valence-corrected chi connectivity index (χ2v) is 4.02. The first-order valence-corrected chi connectivity index (χ1v) is 5.12. The van der Waals surface area contributed by atoms with Crippen LogP contribution in [-0.2, 0) is 11.3 Å². The molecular weight excluding hydrogens is 216 g/mol. The Kier molecular flexibility index (Phi) is 2.07. The van der Waals surface area contributed by atoms with Gasteiger partial charge in [0.2, 0.25) is 0 Å². The Hall–Kier alpha value is -1.20. The smallest absolute Gasteiger partial charge is 0.178 e. The molecule has 1 aliphatic heterocycles. The van der Waals surface area contributed by atoms with Crippen LogP contribution in [0.3, 0.4) is 0 Å². The van der Waals surface area contributed by atoms with Gasteiger partial charge in [-0.1, -0.05) is 11.6 Å². The normalized spacial score (nSPS) is 16.9. The van der Waals surface area contributed by atoms with Crippen molar-refractivity contribution >= 4 is 22.8 Å². The lowest BCUT2D eigenvalue weighted by Gasteiger charge is -2.25. The Morgan fingerprint density at radius 3 is 3.07 bits per heavy atom. The van der Waals surface area contributed by atoms with Gasteiger partial charge in [0.05, 0.1) is 32.2 Å². The molecule has 0 aliphatic carbocycles. The molecule has 0 radical (unpaired) electrons. The van der Waals surface area contributed by atoms with Gasteiger partial charge in [-0.05, 0) is 0 Å². The molecule has 1 aliphatic rings. The molecule has 3 rings (SSSR count). The third-order valence-electron chi connectivity index (χ3n) is 2.45. The van der Waals surface area contributed by atoms with Crippen molar-refractivity contribution in [2.75, 3.05) is 13.2 Å². The summed E-state index contributed by atoms with van der Waals surface area (Å²) >= 11 is 5.79. The second-order valence-electron chi connectivity index (χ2n) is 3.63. The van der Waals surface area contributed by atoms with E-state index in [0.717, 1.165) is 30.9 Å². The number of halogens is 1. The summed E-state index contributed by atoms with van der Waals surface area (Å²) in [5.74, 6) is 0.536. The molecule has 78 valence electrons. The maximum Gasteiger partial charge on any atom is 0.178 e. The highest BCUT2D eigenvalue weighted by Gasteiger charge is 2.20. The largest absolute Gasteiger partial charge is 0.381 e. The number of aromatic nitrogens is 4. The fraction of sp³-hybridized carbons (Fsp3) is 0.444. The molecular formula is C9H9ClN4O. The van der Waals surface area contributed by atoms with Gasteiger partial charge >= 0.3 is 0 Å². The number of nitrogens with zero attached hydrogens (tertiary/aromatic N) is 4. The van der Waals surface area contributed by atoms with Crippen LogP contribution in [0.1, 0.15) is 0 Å². The van der Waals surface area contributed by atoms with Gasteiger partial charge in [0.25, 0.3) is 0 Å². The van der Waals surface area contributed by atoms with E-state index in [2.05, 4.69) is 15.1 Å². The lowest BCUT2D eigenvalue weighted by Crippen LogP contribution is -2.31. The van der Waals surface area contributed by atoms with Gasteiger partial charge < -0.3 is 4.74 Å². The van der Waals surface area contributed by atoms with E-state index in [1.165, 1.54) is 6.20 Å². The predicted octanol–water partition coefficient (Wildman–Crippen LogP) is 1.13. The van der Waals surface area contributed by atoms with E-state index in [1.807, 2.05) is 4.68 Å². The summed E-state index contributed by atoms with van der Waals surface area (Å²) in [4.78, 5) is 8.35. The lowest BCUT2D eigenvalue weighted by atomic mass is 10.1. The van der Waals surface area contributed by atoms with Crippen molar-refractivity contribution in [3.05, 3.63) is 17.5 Å². The molecule has 0 saturated carbocycles. The summed E-state index contributed by atoms with van der Waals surface area (Å²) in [5, 5.41) is 4.63. The highest BCUT2D eigenvalue weighted by atomic mass is 35.5. The number of fused-ring (bicyclic) bond motifs is 1. The maximum atomic E-state index is 5.79. The van der Waals surface area contributed by atoms with Crippen LogP contribution in [0, 0.1) is 5.92 Å². The molecule has 0 bridgehead atoms. The van der Waals surface area contributed by atoms with Gasteiger partial charge in [-0.15, -0.1) is 0 Å². The molecule has 0 spiro atoms. The first-order chi connectivity index (χ1) is 7.33. The second kappa shape index (κ2) is 3.43. The standard InChI is InChI=1S/C9H9ClN4O/c10-8-2-11-7-1-12-14(9(7)13-8)3-6-4-15-5-6/h1-2,6H,3-5H2. The predicted molar refractivity (Wildman–Crippen MR) is 54.6 cm³/mol. The minimum absolute atomic E-state index is 0.397. The summed E-state index contributed by atoms with van der Waals surface area (Å²) in [7, 11) is 0. The van der Waals surface area contributed by atoms with Crippen molar-refractivity contribution in [2.45, 2.75) is 6.54 Å². The fourth-order valence-electron chi connectivity index (χ4n) is 1.60. The van der Waals surface area contributed by atoms with Crippen molar-refractivity contribution < 1.29 is 4.74 Å². The van der Waals surface area contributed by atoms with E-state index in [-0.39, 0.29) is 0 Å². The Morgan fingerprint density at radius 1 is 1.47 bits per heavy atom. The highest BCUT2D eigenvalue weighted by Crippen LogP contribution is 2.16. The van der Waals surface area contributed by atoms with Crippen LogP contribution in [0.2, 0.25) is 5.15 Å². The van der Waals surface area contributed by atoms with E-state index in [4.69, 9.17) is 16.3 Å². The lowest BCUT2D eigenvalue weighted by molar-refractivity contribution is -0.0403.